The van der Waals surface area contributed by atoms with Crippen LogP contribution in [-0.4, -0.2) is 14.1 Å². The van der Waals surface area contributed by atoms with Crippen molar-refractivity contribution < 1.29 is 30.4 Å². The van der Waals surface area contributed by atoms with Crippen molar-refractivity contribution in [1.29, 1.82) is 0 Å². The number of nitrogens with zero attached hydrogens (tertiary/aromatic N) is 4. The molecule has 1 aliphatic heterocycles. The van der Waals surface area contributed by atoms with Crippen molar-refractivity contribution >= 4 is 32.8 Å². The fourth-order valence-electron chi connectivity index (χ4n) is 11.7. The van der Waals surface area contributed by atoms with Crippen LogP contribution < -0.4 is 9.30 Å². The first-order valence-corrected chi connectivity index (χ1v) is 26.2. The number of ether oxygens (including phenoxy) is 1. The number of benzene rings is 7. The zero-order valence-electron chi connectivity index (χ0n) is 45.2. The molecule has 0 amide bonds. The predicted molar refractivity (Wildman–Crippen MR) is 301 cm³/mol. The summed E-state index contributed by atoms with van der Waals surface area (Å²) >= 11 is 0. The molecular formula is C68H66N4OPt-2. The smallest absolute Gasteiger partial charge is 0.268 e. The van der Waals surface area contributed by atoms with E-state index in [1.807, 2.05) is 18.3 Å². The van der Waals surface area contributed by atoms with E-state index in [9.17, 15) is 0 Å². The van der Waals surface area contributed by atoms with Gasteiger partial charge in [-0.25, -0.2) is 4.98 Å². The zero-order chi connectivity index (χ0) is 51.1. The standard InChI is InChI=1S/C68H66N4O.Pt/c1-64(2,3)42-30-33-69-61(36-42)72-58-26-17-16-24-49(58)50-29-28-46(38-60(50)72)73-45-21-18-20-44(37-45)70-41-71-62-54(34-43(65(4,5)6)35-57(62)66(7,8)9)53-40-56-55(67(10,11)31-32-68(56,12)13)39-52(53)48-23-15-14-22-47(48)51-25-19-27-59(70)63(51)71;/h14-30,33-36,39-40H,31-32H2,1-13H3;/q-2;. The minimum absolute atomic E-state index is 0. The second-order valence-corrected chi connectivity index (χ2v) is 25.2. The van der Waals surface area contributed by atoms with E-state index in [2.05, 4.69) is 243 Å². The third kappa shape index (κ3) is 8.08. The quantitative estimate of drug-likeness (QED) is 0.130. The molecule has 0 saturated heterocycles. The third-order valence-corrected chi connectivity index (χ3v) is 16.1. The molecule has 5 nitrogen and oxygen atoms in total. The molecule has 0 bridgehead atoms. The molecule has 0 spiro atoms. The summed E-state index contributed by atoms with van der Waals surface area (Å²) in [6.07, 6.45) is 8.23. The fourth-order valence-corrected chi connectivity index (χ4v) is 11.7. The zero-order valence-corrected chi connectivity index (χ0v) is 47.5. The number of fused-ring (bicyclic) bond motifs is 11. The summed E-state index contributed by atoms with van der Waals surface area (Å²) in [6.45, 7) is 30.6. The summed E-state index contributed by atoms with van der Waals surface area (Å²) in [4.78, 5) is 4.90. The van der Waals surface area contributed by atoms with Gasteiger partial charge in [0.15, 0.2) is 0 Å². The van der Waals surface area contributed by atoms with Gasteiger partial charge in [-0.05, 0) is 136 Å². The van der Waals surface area contributed by atoms with Gasteiger partial charge in [0.2, 0.25) is 0 Å². The van der Waals surface area contributed by atoms with Gasteiger partial charge in [-0.3, -0.25) is 4.57 Å². The molecule has 0 saturated carbocycles. The molecule has 376 valence electrons. The largest absolute Gasteiger partial charge is 0.510 e. The molecule has 0 N–H and O–H groups in total. The minimum Gasteiger partial charge on any atom is -0.510 e. The van der Waals surface area contributed by atoms with Crippen molar-refractivity contribution in [3.63, 3.8) is 0 Å². The van der Waals surface area contributed by atoms with Crippen LogP contribution in [-0.2, 0) is 48.1 Å². The van der Waals surface area contributed by atoms with Crippen LogP contribution in [0.2, 0.25) is 0 Å². The second-order valence-electron chi connectivity index (χ2n) is 25.2. The average molecular weight is 1150 g/mol. The van der Waals surface area contributed by atoms with Crippen LogP contribution in [0, 0.1) is 18.5 Å². The Balaban J connectivity index is 0.00000588. The summed E-state index contributed by atoms with van der Waals surface area (Å²) in [7, 11) is 0. The number of pyridine rings is 1. The van der Waals surface area contributed by atoms with E-state index in [1.165, 1.54) is 55.6 Å². The Morgan fingerprint density at radius 3 is 1.84 bits per heavy atom. The first-order chi connectivity index (χ1) is 34.6. The molecule has 0 atom stereocenters. The van der Waals surface area contributed by atoms with Gasteiger partial charge < -0.3 is 13.9 Å². The Hall–Kier alpha value is -6.55. The Kier molecular flexibility index (Phi) is 11.6. The summed E-state index contributed by atoms with van der Waals surface area (Å²) in [6, 6.07) is 56.4. The van der Waals surface area contributed by atoms with Gasteiger partial charge >= 0.3 is 0 Å². The van der Waals surface area contributed by atoms with Crippen LogP contribution in [0.5, 0.6) is 11.5 Å². The molecule has 0 unspecified atom stereocenters. The van der Waals surface area contributed by atoms with E-state index < -0.39 is 0 Å². The maximum absolute atomic E-state index is 6.80. The second kappa shape index (κ2) is 17.3. The molecule has 12 rings (SSSR count). The van der Waals surface area contributed by atoms with Gasteiger partial charge in [-0.15, -0.1) is 29.7 Å². The topological polar surface area (TPSA) is 35.9 Å². The number of hydrogen-bond acceptors (Lipinski definition) is 2. The van der Waals surface area contributed by atoms with Crippen LogP contribution in [0.25, 0.3) is 83.4 Å². The molecule has 10 aromatic rings. The SMILES string of the molecule is CC(C)(C)c1ccnc(-n2c3[c-]c(Oc4[c-]c(-n5[c-][n+]6c7c(cccc75)-c5ccccc5-c5cc7c(cc5-c5cc(C(C)(C)C)cc(C(C)(C)C)c5-6)C(C)(C)CCC7(C)C)ccc4)ccc3c3ccccc32)c1.[Pt]. The van der Waals surface area contributed by atoms with E-state index in [-0.39, 0.29) is 48.1 Å². The monoisotopic (exact) mass is 1150 g/mol. The van der Waals surface area contributed by atoms with Crippen LogP contribution >= 0.6 is 0 Å². The normalized spacial score (nSPS) is 14.8. The van der Waals surface area contributed by atoms with Crippen molar-refractivity contribution in [3.8, 4) is 62.1 Å². The van der Waals surface area contributed by atoms with E-state index in [0.717, 1.165) is 68.4 Å². The van der Waals surface area contributed by atoms with Gasteiger partial charge in [-0.1, -0.05) is 174 Å². The number of para-hydroxylation sites is 2. The molecule has 2 aliphatic rings. The van der Waals surface area contributed by atoms with Crippen LogP contribution in [0.1, 0.15) is 131 Å². The minimum atomic E-state index is -0.221. The van der Waals surface area contributed by atoms with Gasteiger partial charge in [0, 0.05) is 44.3 Å². The molecule has 3 aromatic heterocycles. The van der Waals surface area contributed by atoms with Gasteiger partial charge in [0.05, 0.1) is 16.7 Å². The number of imidazole rings is 1. The van der Waals surface area contributed by atoms with Crippen LogP contribution in [0.4, 0.5) is 0 Å². The molecule has 6 heteroatoms. The van der Waals surface area contributed by atoms with Gasteiger partial charge in [-0.2, -0.15) is 18.2 Å². The first kappa shape index (κ1) is 49.6. The van der Waals surface area contributed by atoms with E-state index in [1.54, 1.807) is 0 Å². The fraction of sp³-hybridized carbons (Fsp3) is 0.294. The first-order valence-electron chi connectivity index (χ1n) is 26.2. The van der Waals surface area contributed by atoms with Gasteiger partial charge in [0.1, 0.15) is 5.82 Å². The van der Waals surface area contributed by atoms with Gasteiger partial charge in [0.25, 0.3) is 6.33 Å². The molecule has 0 fully saturated rings. The van der Waals surface area contributed by atoms with Crippen LogP contribution in [0.15, 0.2) is 140 Å². The summed E-state index contributed by atoms with van der Waals surface area (Å²) in [5.74, 6) is 2.04. The predicted octanol–water partition coefficient (Wildman–Crippen LogP) is 17.1. The summed E-state index contributed by atoms with van der Waals surface area (Å²) in [5.41, 5.74) is 19.9. The Labute approximate surface area is 452 Å². The maximum Gasteiger partial charge on any atom is 0.268 e. The molecule has 7 aromatic carbocycles. The van der Waals surface area contributed by atoms with E-state index >= 15 is 0 Å². The molecule has 4 heterocycles. The van der Waals surface area contributed by atoms with E-state index in [4.69, 9.17) is 9.72 Å². The van der Waals surface area contributed by atoms with E-state index in [0.29, 0.717) is 11.5 Å². The van der Waals surface area contributed by atoms with Crippen molar-refractivity contribution in [1.82, 2.24) is 14.1 Å². The third-order valence-electron chi connectivity index (χ3n) is 16.1. The number of aromatic nitrogens is 4. The average Bonchev–Trinajstić information content (AvgIpc) is 3.91. The summed E-state index contributed by atoms with van der Waals surface area (Å²) in [5, 5.41) is 2.23. The molecule has 1 aliphatic carbocycles. The number of rotatable bonds is 4. The van der Waals surface area contributed by atoms with Crippen molar-refractivity contribution in [2.75, 3.05) is 0 Å². The molecule has 0 radical (unpaired) electrons. The summed E-state index contributed by atoms with van der Waals surface area (Å²) < 4.78 is 13.6. The van der Waals surface area contributed by atoms with Crippen molar-refractivity contribution in [2.24, 2.45) is 0 Å². The van der Waals surface area contributed by atoms with Crippen molar-refractivity contribution in [3.05, 3.63) is 186 Å². The molecular weight excluding hydrogens is 1080 g/mol. The van der Waals surface area contributed by atoms with Crippen LogP contribution in [0.3, 0.4) is 0 Å². The van der Waals surface area contributed by atoms with Crippen molar-refractivity contribution in [2.45, 2.75) is 130 Å². The maximum atomic E-state index is 6.80. The Morgan fingerprint density at radius 1 is 0.541 bits per heavy atom. The number of hydrogen-bond donors (Lipinski definition) is 0. The molecule has 74 heavy (non-hydrogen) atoms. The Morgan fingerprint density at radius 2 is 1.15 bits per heavy atom. The Bertz CT molecular complexity index is 3900.